The third kappa shape index (κ3) is 3.36. The molecule has 0 fully saturated rings. The molecular weight excluding hydrogens is 430 g/mol. The van der Waals surface area contributed by atoms with Gasteiger partial charge in [0, 0.05) is 18.0 Å². The molecule has 3 aromatic heterocycles. The second kappa shape index (κ2) is 8.01. The first-order valence-corrected chi connectivity index (χ1v) is 10.2. The smallest absolute Gasteiger partial charge is 0.223 e. The zero-order valence-electron chi connectivity index (χ0n) is 17.3. The fraction of sp³-hybridized carbons (Fsp3) is 0.125. The Bertz CT molecular complexity index is 1450. The zero-order chi connectivity index (χ0) is 22.2. The van der Waals surface area contributed by atoms with Crippen molar-refractivity contribution in [2.75, 3.05) is 14.2 Å². The maximum absolute atomic E-state index is 11.2. The fourth-order valence-corrected chi connectivity index (χ4v) is 4.02. The SMILES string of the molecule is COc1ccc(Cn2c3cc(OC)ccc3c3nc(Cl)nc(-c4ccc(C=O)o4)c32)cc1. The number of rotatable bonds is 6. The monoisotopic (exact) mass is 447 g/mol. The summed E-state index contributed by atoms with van der Waals surface area (Å²) in [5.74, 6) is 2.15. The average Bonchev–Trinajstić information content (AvgIpc) is 3.42. The summed E-state index contributed by atoms with van der Waals surface area (Å²) < 4.78 is 18.5. The highest BCUT2D eigenvalue weighted by atomic mass is 35.5. The molecule has 7 nitrogen and oxygen atoms in total. The van der Waals surface area contributed by atoms with E-state index in [4.69, 9.17) is 25.5 Å². The molecule has 3 heterocycles. The molecular formula is C24H18ClN3O4. The second-order valence-electron chi connectivity index (χ2n) is 7.18. The van der Waals surface area contributed by atoms with Gasteiger partial charge in [-0.3, -0.25) is 4.79 Å². The standard InChI is InChI=1S/C24H18ClN3O4/c1-30-15-5-3-14(4-6-15)12-28-19-11-16(31-2)7-9-18(19)21-23(28)22(27-24(25)26-21)20-10-8-17(13-29)32-20/h3-11,13H,12H2,1-2H3. The first-order chi connectivity index (χ1) is 15.6. The number of aromatic nitrogens is 3. The average molecular weight is 448 g/mol. The second-order valence-corrected chi connectivity index (χ2v) is 7.51. The Kier molecular flexibility index (Phi) is 5.03. The van der Waals surface area contributed by atoms with E-state index in [9.17, 15) is 4.79 Å². The molecule has 5 aromatic rings. The fourth-order valence-electron chi connectivity index (χ4n) is 3.85. The van der Waals surface area contributed by atoms with Crippen molar-refractivity contribution in [3.05, 3.63) is 71.2 Å². The molecule has 0 amide bonds. The molecule has 5 rings (SSSR count). The van der Waals surface area contributed by atoms with Gasteiger partial charge in [-0.25, -0.2) is 9.97 Å². The largest absolute Gasteiger partial charge is 0.497 e. The van der Waals surface area contributed by atoms with Crippen LogP contribution in [0.3, 0.4) is 0 Å². The highest BCUT2D eigenvalue weighted by molar-refractivity contribution is 6.29. The highest BCUT2D eigenvalue weighted by Gasteiger charge is 2.21. The normalized spacial score (nSPS) is 11.2. The number of fused-ring (bicyclic) bond motifs is 3. The number of nitrogens with zero attached hydrogens (tertiary/aromatic N) is 3. The van der Waals surface area contributed by atoms with Gasteiger partial charge in [0.1, 0.15) is 22.7 Å². The maximum atomic E-state index is 11.2. The van der Waals surface area contributed by atoms with Crippen molar-refractivity contribution in [1.29, 1.82) is 0 Å². The summed E-state index contributed by atoms with van der Waals surface area (Å²) in [6.07, 6.45) is 0.654. The van der Waals surface area contributed by atoms with E-state index >= 15 is 0 Å². The van der Waals surface area contributed by atoms with E-state index in [1.807, 2.05) is 42.5 Å². The third-order valence-corrected chi connectivity index (χ3v) is 5.52. The topological polar surface area (TPSA) is 79.4 Å². The van der Waals surface area contributed by atoms with Crippen LogP contribution in [0.25, 0.3) is 33.4 Å². The highest BCUT2D eigenvalue weighted by Crippen LogP contribution is 2.37. The maximum Gasteiger partial charge on any atom is 0.223 e. The Labute approximate surface area is 188 Å². The summed E-state index contributed by atoms with van der Waals surface area (Å²) in [5.41, 5.74) is 3.92. The minimum Gasteiger partial charge on any atom is -0.497 e. The lowest BCUT2D eigenvalue weighted by atomic mass is 10.2. The lowest BCUT2D eigenvalue weighted by Gasteiger charge is -2.11. The number of hydrogen-bond donors (Lipinski definition) is 0. The van der Waals surface area contributed by atoms with Crippen LogP contribution in [0, 0.1) is 0 Å². The van der Waals surface area contributed by atoms with Crippen LogP contribution in [0.1, 0.15) is 16.1 Å². The lowest BCUT2D eigenvalue weighted by molar-refractivity contribution is 0.110. The van der Waals surface area contributed by atoms with Crippen LogP contribution in [0.4, 0.5) is 0 Å². The predicted octanol–water partition coefficient (Wildman–Crippen LogP) is 5.38. The van der Waals surface area contributed by atoms with Gasteiger partial charge in [0.25, 0.3) is 0 Å². The lowest BCUT2D eigenvalue weighted by Crippen LogP contribution is -2.02. The number of aldehydes is 1. The molecule has 0 aliphatic carbocycles. The van der Waals surface area contributed by atoms with Gasteiger partial charge in [-0.05, 0) is 53.6 Å². The summed E-state index contributed by atoms with van der Waals surface area (Å²) in [5, 5.41) is 0.998. The number of ether oxygens (including phenoxy) is 2. The van der Waals surface area contributed by atoms with Crippen LogP contribution < -0.4 is 9.47 Å². The quantitative estimate of drug-likeness (QED) is 0.257. The van der Waals surface area contributed by atoms with Gasteiger partial charge in [0.2, 0.25) is 5.28 Å². The van der Waals surface area contributed by atoms with Crippen LogP contribution in [0.2, 0.25) is 5.28 Å². The Balaban J connectivity index is 1.81. The molecule has 0 N–H and O–H groups in total. The van der Waals surface area contributed by atoms with Crippen molar-refractivity contribution in [2.45, 2.75) is 6.54 Å². The summed E-state index contributed by atoms with van der Waals surface area (Å²) in [6, 6.07) is 16.9. The molecule has 0 bridgehead atoms. The first kappa shape index (κ1) is 20.1. The van der Waals surface area contributed by atoms with Gasteiger partial charge < -0.3 is 18.5 Å². The van der Waals surface area contributed by atoms with Crippen molar-refractivity contribution < 1.29 is 18.7 Å². The van der Waals surface area contributed by atoms with Crippen LogP contribution in [0.15, 0.2) is 59.0 Å². The van der Waals surface area contributed by atoms with Gasteiger partial charge in [0.05, 0.1) is 25.3 Å². The Hall–Kier alpha value is -3.84. The number of carbonyl (C=O) groups is 1. The molecule has 0 radical (unpaired) electrons. The molecule has 0 aliphatic heterocycles. The molecule has 0 spiro atoms. The van der Waals surface area contributed by atoms with E-state index in [2.05, 4.69) is 14.5 Å². The third-order valence-electron chi connectivity index (χ3n) is 5.35. The van der Waals surface area contributed by atoms with Gasteiger partial charge >= 0.3 is 0 Å². The minimum atomic E-state index is 0.0934. The minimum absolute atomic E-state index is 0.0934. The number of methoxy groups -OCH3 is 2. The number of benzene rings is 2. The molecule has 2 aromatic carbocycles. The Morgan fingerprint density at radius 2 is 1.75 bits per heavy atom. The van der Waals surface area contributed by atoms with E-state index in [-0.39, 0.29) is 11.0 Å². The number of furan rings is 1. The van der Waals surface area contributed by atoms with Gasteiger partial charge in [-0.2, -0.15) is 0 Å². The molecule has 0 aliphatic rings. The van der Waals surface area contributed by atoms with Crippen molar-refractivity contribution >= 4 is 39.8 Å². The Morgan fingerprint density at radius 1 is 1.00 bits per heavy atom. The zero-order valence-corrected chi connectivity index (χ0v) is 18.1. The number of halogens is 1. The van der Waals surface area contributed by atoms with Crippen LogP contribution in [-0.2, 0) is 6.54 Å². The summed E-state index contributed by atoms with van der Waals surface area (Å²) >= 11 is 6.29. The molecule has 32 heavy (non-hydrogen) atoms. The number of carbonyl (C=O) groups excluding carboxylic acids is 1. The van der Waals surface area contributed by atoms with Crippen LogP contribution >= 0.6 is 11.6 Å². The van der Waals surface area contributed by atoms with E-state index < -0.39 is 0 Å². The van der Waals surface area contributed by atoms with E-state index in [1.54, 1.807) is 26.4 Å². The molecule has 0 atom stereocenters. The van der Waals surface area contributed by atoms with Gasteiger partial charge in [-0.1, -0.05) is 12.1 Å². The van der Waals surface area contributed by atoms with Crippen LogP contribution in [0.5, 0.6) is 11.5 Å². The molecule has 0 saturated carbocycles. The molecule has 8 heteroatoms. The van der Waals surface area contributed by atoms with Crippen molar-refractivity contribution in [1.82, 2.24) is 14.5 Å². The molecule has 0 unspecified atom stereocenters. The predicted molar refractivity (Wildman–Crippen MR) is 122 cm³/mol. The van der Waals surface area contributed by atoms with E-state index in [1.165, 1.54) is 0 Å². The summed E-state index contributed by atoms with van der Waals surface area (Å²) in [4.78, 5) is 20.2. The Morgan fingerprint density at radius 3 is 2.44 bits per heavy atom. The van der Waals surface area contributed by atoms with E-state index in [0.29, 0.717) is 29.8 Å². The summed E-state index contributed by atoms with van der Waals surface area (Å²) in [6.45, 7) is 0.538. The van der Waals surface area contributed by atoms with Crippen molar-refractivity contribution in [2.24, 2.45) is 0 Å². The van der Waals surface area contributed by atoms with Crippen molar-refractivity contribution in [3.8, 4) is 23.0 Å². The van der Waals surface area contributed by atoms with E-state index in [0.717, 1.165) is 33.5 Å². The molecule has 0 saturated heterocycles. The van der Waals surface area contributed by atoms with Crippen molar-refractivity contribution in [3.63, 3.8) is 0 Å². The molecule has 160 valence electrons. The van der Waals surface area contributed by atoms with Gasteiger partial charge in [0.15, 0.2) is 17.8 Å². The summed E-state index contributed by atoms with van der Waals surface area (Å²) in [7, 11) is 3.27. The van der Waals surface area contributed by atoms with Gasteiger partial charge in [-0.15, -0.1) is 0 Å². The van der Waals surface area contributed by atoms with Crippen LogP contribution in [-0.4, -0.2) is 35.0 Å². The number of hydrogen-bond acceptors (Lipinski definition) is 6. The first-order valence-electron chi connectivity index (χ1n) is 9.83.